The number of thiazole rings is 1. The molecular formula is C16H15FN2OS3. The molecule has 0 spiro atoms. The van der Waals surface area contributed by atoms with Crippen molar-refractivity contribution in [3.05, 3.63) is 52.2 Å². The minimum atomic E-state index is -1.41. The van der Waals surface area contributed by atoms with Crippen LogP contribution in [0, 0.1) is 9.77 Å². The van der Waals surface area contributed by atoms with Crippen molar-refractivity contribution in [2.45, 2.75) is 24.8 Å². The molecular weight excluding hydrogens is 351 g/mol. The highest BCUT2D eigenvalue weighted by molar-refractivity contribution is 7.86. The van der Waals surface area contributed by atoms with E-state index in [9.17, 15) is 8.60 Å². The quantitative estimate of drug-likeness (QED) is 0.657. The van der Waals surface area contributed by atoms with E-state index >= 15 is 0 Å². The zero-order valence-electron chi connectivity index (χ0n) is 12.6. The summed E-state index contributed by atoms with van der Waals surface area (Å²) in [5, 5.41) is 0. The number of benzene rings is 2. The molecule has 3 rings (SSSR count). The van der Waals surface area contributed by atoms with E-state index in [0.29, 0.717) is 8.85 Å². The molecule has 120 valence electrons. The van der Waals surface area contributed by atoms with Crippen LogP contribution in [0.15, 0.2) is 47.4 Å². The Morgan fingerprint density at radius 3 is 2.57 bits per heavy atom. The van der Waals surface area contributed by atoms with Gasteiger partial charge >= 0.3 is 0 Å². The number of fused-ring (bicyclic) bond motifs is 1. The molecule has 0 radical (unpaired) electrons. The van der Waals surface area contributed by atoms with Crippen molar-refractivity contribution >= 4 is 50.4 Å². The minimum absolute atomic E-state index is 0.0188. The molecule has 0 saturated heterocycles. The Labute approximate surface area is 145 Å². The van der Waals surface area contributed by atoms with E-state index in [4.69, 9.17) is 12.2 Å². The van der Waals surface area contributed by atoms with Gasteiger partial charge in [-0.3, -0.25) is 4.31 Å². The number of hydrogen-bond donors (Lipinski definition) is 1. The van der Waals surface area contributed by atoms with E-state index in [1.165, 1.54) is 23.5 Å². The third-order valence-corrected chi connectivity index (χ3v) is 6.18. The van der Waals surface area contributed by atoms with Crippen LogP contribution in [0.2, 0.25) is 0 Å². The zero-order valence-corrected chi connectivity index (χ0v) is 15.0. The maximum atomic E-state index is 13.1. The normalized spacial score (nSPS) is 12.7. The van der Waals surface area contributed by atoms with Gasteiger partial charge in [0.05, 0.1) is 20.8 Å². The van der Waals surface area contributed by atoms with Crippen LogP contribution in [0.25, 0.3) is 10.2 Å². The second-order valence-corrected chi connectivity index (χ2v) is 8.40. The predicted molar refractivity (Wildman–Crippen MR) is 97.4 cm³/mol. The number of halogens is 1. The summed E-state index contributed by atoms with van der Waals surface area (Å²) in [6, 6.07) is 11.6. The van der Waals surface area contributed by atoms with Gasteiger partial charge in [-0.05, 0) is 68.5 Å². The van der Waals surface area contributed by atoms with Crippen molar-refractivity contribution < 1.29 is 8.60 Å². The van der Waals surface area contributed by atoms with Gasteiger partial charge in [-0.25, -0.2) is 8.60 Å². The molecule has 0 saturated carbocycles. The van der Waals surface area contributed by atoms with Gasteiger partial charge in [-0.1, -0.05) is 0 Å². The Kier molecular flexibility index (Phi) is 4.61. The van der Waals surface area contributed by atoms with Crippen LogP contribution in [0.4, 0.5) is 10.1 Å². The molecule has 0 aliphatic heterocycles. The summed E-state index contributed by atoms with van der Waals surface area (Å²) < 4.78 is 29.6. The maximum absolute atomic E-state index is 13.1. The number of H-pyrrole nitrogens is 1. The van der Waals surface area contributed by atoms with Crippen LogP contribution in [0.1, 0.15) is 13.8 Å². The first-order valence-electron chi connectivity index (χ1n) is 7.05. The van der Waals surface area contributed by atoms with Gasteiger partial charge in [0, 0.05) is 6.04 Å². The molecule has 1 atom stereocenters. The first kappa shape index (κ1) is 16.3. The molecule has 1 unspecified atom stereocenters. The molecule has 23 heavy (non-hydrogen) atoms. The van der Waals surface area contributed by atoms with Crippen molar-refractivity contribution in [2.24, 2.45) is 0 Å². The molecule has 0 aliphatic rings. The fraction of sp³-hybridized carbons (Fsp3) is 0.188. The first-order chi connectivity index (χ1) is 11.0. The van der Waals surface area contributed by atoms with E-state index < -0.39 is 11.0 Å². The summed E-state index contributed by atoms with van der Waals surface area (Å²) in [5.74, 6) is -0.338. The molecule has 7 heteroatoms. The SMILES string of the molecule is CC(C)N(c1ccc2[nH]c(=S)sc2c1)S(=O)c1ccc(F)cc1. The van der Waals surface area contributed by atoms with Crippen molar-refractivity contribution in [3.8, 4) is 0 Å². The molecule has 2 aromatic carbocycles. The summed E-state index contributed by atoms with van der Waals surface area (Å²) in [5.41, 5.74) is 1.82. The Bertz CT molecular complexity index is 915. The number of hydrogen-bond acceptors (Lipinski definition) is 3. The van der Waals surface area contributed by atoms with Crippen LogP contribution in [-0.2, 0) is 11.0 Å². The largest absolute Gasteiger partial charge is 0.337 e. The predicted octanol–water partition coefficient (Wildman–Crippen LogP) is 5.04. The number of anilines is 1. The topological polar surface area (TPSA) is 36.1 Å². The third-order valence-electron chi connectivity index (χ3n) is 3.32. The molecule has 1 aromatic heterocycles. The number of aromatic nitrogens is 1. The van der Waals surface area contributed by atoms with Gasteiger partial charge in [0.2, 0.25) is 0 Å². The zero-order chi connectivity index (χ0) is 16.6. The van der Waals surface area contributed by atoms with Gasteiger partial charge in [-0.15, -0.1) is 11.3 Å². The molecule has 0 bridgehead atoms. The second kappa shape index (κ2) is 6.51. The Balaban J connectivity index is 2.04. The molecule has 0 fully saturated rings. The summed E-state index contributed by atoms with van der Waals surface area (Å²) in [6.45, 7) is 3.95. The number of rotatable bonds is 4. The fourth-order valence-corrected chi connectivity index (χ4v) is 4.75. The monoisotopic (exact) mass is 366 g/mol. The van der Waals surface area contributed by atoms with Crippen LogP contribution in [0.5, 0.6) is 0 Å². The van der Waals surface area contributed by atoms with Crippen molar-refractivity contribution in [3.63, 3.8) is 0 Å². The number of nitrogens with zero attached hydrogens (tertiary/aromatic N) is 1. The molecule has 0 amide bonds. The lowest BCUT2D eigenvalue weighted by Crippen LogP contribution is -2.32. The summed E-state index contributed by atoms with van der Waals surface area (Å²) in [6.07, 6.45) is 0. The van der Waals surface area contributed by atoms with E-state index in [1.807, 2.05) is 36.4 Å². The lowest BCUT2D eigenvalue weighted by Gasteiger charge is -2.27. The van der Waals surface area contributed by atoms with E-state index in [2.05, 4.69) is 4.98 Å². The van der Waals surface area contributed by atoms with Crippen molar-refractivity contribution in [2.75, 3.05) is 4.31 Å². The number of nitrogens with one attached hydrogen (secondary N) is 1. The van der Waals surface area contributed by atoms with E-state index in [1.54, 1.807) is 12.1 Å². The van der Waals surface area contributed by atoms with Gasteiger partial charge in [0.25, 0.3) is 0 Å². The average Bonchev–Trinajstić information content (AvgIpc) is 2.87. The third kappa shape index (κ3) is 3.36. The fourth-order valence-electron chi connectivity index (χ4n) is 2.32. The molecule has 1 heterocycles. The Morgan fingerprint density at radius 2 is 1.91 bits per heavy atom. The van der Waals surface area contributed by atoms with Crippen LogP contribution in [-0.4, -0.2) is 15.2 Å². The highest BCUT2D eigenvalue weighted by Crippen LogP contribution is 2.29. The van der Waals surface area contributed by atoms with Gasteiger partial charge in [0.1, 0.15) is 5.82 Å². The molecule has 0 aliphatic carbocycles. The summed E-state index contributed by atoms with van der Waals surface area (Å²) in [4.78, 5) is 3.69. The smallest absolute Gasteiger partial charge is 0.159 e. The standard InChI is InChI=1S/C16H15FN2OS3/c1-10(2)19(23(20)13-6-3-11(17)4-7-13)12-5-8-14-15(9-12)22-16(21)18-14/h3-10H,1-2H3,(H,18,21). The molecule has 1 N–H and O–H groups in total. The van der Waals surface area contributed by atoms with Crippen LogP contribution >= 0.6 is 23.6 Å². The van der Waals surface area contributed by atoms with Gasteiger partial charge in [-0.2, -0.15) is 0 Å². The van der Waals surface area contributed by atoms with E-state index in [0.717, 1.165) is 15.9 Å². The van der Waals surface area contributed by atoms with E-state index in [-0.39, 0.29) is 11.9 Å². The maximum Gasteiger partial charge on any atom is 0.159 e. The first-order valence-corrected chi connectivity index (χ1v) is 9.38. The van der Waals surface area contributed by atoms with Crippen molar-refractivity contribution in [1.82, 2.24) is 4.98 Å². The lowest BCUT2D eigenvalue weighted by molar-refractivity contribution is 0.626. The Hall–Kier alpha value is -1.57. The lowest BCUT2D eigenvalue weighted by atomic mass is 10.2. The molecule has 3 aromatic rings. The average molecular weight is 367 g/mol. The summed E-state index contributed by atoms with van der Waals surface area (Å²) >= 11 is 6.66. The highest BCUT2D eigenvalue weighted by Gasteiger charge is 2.20. The minimum Gasteiger partial charge on any atom is -0.337 e. The summed E-state index contributed by atoms with van der Waals surface area (Å²) in [7, 11) is -1.41. The second-order valence-electron chi connectivity index (χ2n) is 5.32. The van der Waals surface area contributed by atoms with Gasteiger partial charge < -0.3 is 4.98 Å². The van der Waals surface area contributed by atoms with Crippen LogP contribution < -0.4 is 4.31 Å². The highest BCUT2D eigenvalue weighted by atomic mass is 32.2. The molecule has 3 nitrogen and oxygen atoms in total. The van der Waals surface area contributed by atoms with Gasteiger partial charge in [0.15, 0.2) is 14.9 Å². The van der Waals surface area contributed by atoms with Crippen LogP contribution in [0.3, 0.4) is 0 Å². The van der Waals surface area contributed by atoms with Crippen molar-refractivity contribution in [1.29, 1.82) is 0 Å². The number of aromatic amines is 1. The Morgan fingerprint density at radius 1 is 1.22 bits per heavy atom.